The second-order valence-corrected chi connectivity index (χ2v) is 4.97. The molecule has 0 amide bonds. The van der Waals surface area contributed by atoms with E-state index in [4.69, 9.17) is 23.2 Å². The highest BCUT2D eigenvalue weighted by molar-refractivity contribution is 6.31. The summed E-state index contributed by atoms with van der Waals surface area (Å²) in [6.45, 7) is 0. The van der Waals surface area contributed by atoms with Gasteiger partial charge in [-0.15, -0.1) is 0 Å². The number of ketones is 1. The minimum absolute atomic E-state index is 0.195. The second-order valence-electron chi connectivity index (χ2n) is 4.10. The van der Waals surface area contributed by atoms with E-state index >= 15 is 0 Å². The van der Waals surface area contributed by atoms with Crippen LogP contribution in [0.25, 0.3) is 0 Å². The molecule has 2 nitrogen and oxygen atoms in total. The number of benzene rings is 2. The van der Waals surface area contributed by atoms with Gasteiger partial charge in [0.05, 0.1) is 11.6 Å². The van der Waals surface area contributed by atoms with E-state index in [0.717, 1.165) is 6.07 Å². The van der Waals surface area contributed by atoms with Gasteiger partial charge in [-0.3, -0.25) is 4.79 Å². The number of rotatable bonds is 3. The molecule has 0 spiro atoms. The number of halogens is 3. The zero-order valence-corrected chi connectivity index (χ0v) is 11.6. The van der Waals surface area contributed by atoms with E-state index in [1.807, 2.05) is 6.07 Å². The quantitative estimate of drug-likeness (QED) is 0.776. The summed E-state index contributed by atoms with van der Waals surface area (Å²) in [5, 5.41) is 9.91. The zero-order valence-electron chi connectivity index (χ0n) is 10.1. The van der Waals surface area contributed by atoms with Crippen LogP contribution < -0.4 is 0 Å². The van der Waals surface area contributed by atoms with E-state index in [9.17, 15) is 14.4 Å². The van der Waals surface area contributed by atoms with E-state index in [0.29, 0.717) is 10.6 Å². The number of carbonyl (C=O) groups excluding carboxylic acids is 1. The molecule has 2 aromatic carbocycles. The van der Waals surface area contributed by atoms with Crippen LogP contribution in [0.5, 0.6) is 0 Å². The van der Waals surface area contributed by atoms with E-state index in [-0.39, 0.29) is 10.6 Å². The molecule has 2 aromatic rings. The van der Waals surface area contributed by atoms with Crippen molar-refractivity contribution in [2.45, 2.75) is 5.92 Å². The highest BCUT2D eigenvalue weighted by Crippen LogP contribution is 2.25. The molecule has 20 heavy (non-hydrogen) atoms. The first-order valence-electron chi connectivity index (χ1n) is 5.67. The number of nitriles is 1. The Labute approximate surface area is 125 Å². The highest BCUT2D eigenvalue weighted by Gasteiger charge is 2.24. The van der Waals surface area contributed by atoms with Crippen molar-refractivity contribution in [2.24, 2.45) is 0 Å². The van der Waals surface area contributed by atoms with Crippen LogP contribution in [0.2, 0.25) is 10.0 Å². The van der Waals surface area contributed by atoms with Crippen LogP contribution in [-0.2, 0) is 0 Å². The fourth-order valence-electron chi connectivity index (χ4n) is 1.78. The first-order chi connectivity index (χ1) is 9.52. The van der Waals surface area contributed by atoms with Crippen LogP contribution in [0, 0.1) is 17.1 Å². The third-order valence-electron chi connectivity index (χ3n) is 2.79. The molecular weight excluding hydrogens is 300 g/mol. The molecule has 0 N–H and O–H groups in total. The summed E-state index contributed by atoms with van der Waals surface area (Å²) in [6.07, 6.45) is 0. The summed E-state index contributed by atoms with van der Waals surface area (Å²) in [5.74, 6) is -2.43. The van der Waals surface area contributed by atoms with Crippen LogP contribution in [0.1, 0.15) is 21.8 Å². The number of carbonyl (C=O) groups is 1. The van der Waals surface area contributed by atoms with Gasteiger partial charge in [0.25, 0.3) is 0 Å². The smallest absolute Gasteiger partial charge is 0.187 e. The molecule has 0 bridgehead atoms. The third-order valence-corrected chi connectivity index (χ3v) is 3.28. The predicted octanol–water partition coefficient (Wildman–Crippen LogP) is 4.62. The third kappa shape index (κ3) is 2.98. The van der Waals surface area contributed by atoms with Crippen LogP contribution in [0.3, 0.4) is 0 Å². The molecule has 0 heterocycles. The van der Waals surface area contributed by atoms with Gasteiger partial charge in [-0.25, -0.2) is 4.39 Å². The first kappa shape index (κ1) is 14.5. The first-order valence-corrected chi connectivity index (χ1v) is 6.43. The Morgan fingerprint density at radius 2 is 1.70 bits per heavy atom. The van der Waals surface area contributed by atoms with Crippen LogP contribution in [-0.4, -0.2) is 5.78 Å². The zero-order chi connectivity index (χ0) is 14.7. The maximum Gasteiger partial charge on any atom is 0.187 e. The highest BCUT2D eigenvalue weighted by atomic mass is 35.5. The van der Waals surface area contributed by atoms with Gasteiger partial charge < -0.3 is 0 Å². The molecule has 100 valence electrons. The van der Waals surface area contributed by atoms with Gasteiger partial charge in [-0.1, -0.05) is 35.3 Å². The molecular formula is C15H8Cl2FNO. The van der Waals surface area contributed by atoms with Gasteiger partial charge in [-0.2, -0.15) is 5.26 Å². The van der Waals surface area contributed by atoms with Gasteiger partial charge in [0.2, 0.25) is 0 Å². The molecule has 0 fully saturated rings. The maximum absolute atomic E-state index is 13.7. The molecule has 0 aliphatic heterocycles. The molecule has 1 unspecified atom stereocenters. The molecule has 0 aliphatic carbocycles. The largest absolute Gasteiger partial charge is 0.292 e. The van der Waals surface area contributed by atoms with Crippen molar-refractivity contribution in [1.82, 2.24) is 0 Å². The minimum atomic E-state index is -1.10. The van der Waals surface area contributed by atoms with E-state index in [1.54, 1.807) is 24.3 Å². The van der Waals surface area contributed by atoms with Crippen molar-refractivity contribution in [2.75, 3.05) is 0 Å². The summed E-state index contributed by atoms with van der Waals surface area (Å²) in [4.78, 5) is 12.3. The Hall–Kier alpha value is -1.89. The lowest BCUT2D eigenvalue weighted by Crippen LogP contribution is -2.13. The molecule has 1 atom stereocenters. The number of nitrogens with zero attached hydrogens (tertiary/aromatic N) is 1. The fraction of sp³-hybridized carbons (Fsp3) is 0.0667. The van der Waals surface area contributed by atoms with Crippen molar-refractivity contribution >= 4 is 29.0 Å². The molecule has 0 aliphatic rings. The van der Waals surface area contributed by atoms with Gasteiger partial charge in [-0.05, 0) is 35.9 Å². The standard InChI is InChI=1S/C15H8Cl2FNO/c16-10-3-1-9(2-4-10)13(8-19)15(20)12-7-11(17)5-6-14(12)18/h1-7,13H. The summed E-state index contributed by atoms with van der Waals surface area (Å²) in [7, 11) is 0. The number of Topliss-reactive ketones (excluding diaryl/α,β-unsaturated/α-hetero) is 1. The van der Waals surface area contributed by atoms with Gasteiger partial charge in [0.1, 0.15) is 11.7 Å². The van der Waals surface area contributed by atoms with Crippen LogP contribution in [0.15, 0.2) is 42.5 Å². The van der Waals surface area contributed by atoms with E-state index < -0.39 is 17.5 Å². The molecule has 2 rings (SSSR count). The lowest BCUT2D eigenvalue weighted by molar-refractivity contribution is 0.0975. The summed E-state index contributed by atoms with van der Waals surface area (Å²) in [5.41, 5.74) is 0.264. The number of hydrogen-bond acceptors (Lipinski definition) is 2. The molecule has 0 saturated carbocycles. The Morgan fingerprint density at radius 1 is 1.10 bits per heavy atom. The van der Waals surface area contributed by atoms with Crippen molar-refractivity contribution in [1.29, 1.82) is 5.26 Å². The normalized spacial score (nSPS) is 11.7. The SMILES string of the molecule is N#CC(C(=O)c1cc(Cl)ccc1F)c1ccc(Cl)cc1. The van der Waals surface area contributed by atoms with Crippen molar-refractivity contribution in [3.63, 3.8) is 0 Å². The Morgan fingerprint density at radius 3 is 2.30 bits per heavy atom. The monoisotopic (exact) mass is 307 g/mol. The van der Waals surface area contributed by atoms with Crippen molar-refractivity contribution in [3.05, 3.63) is 69.5 Å². The van der Waals surface area contributed by atoms with Crippen LogP contribution in [0.4, 0.5) is 4.39 Å². The van der Waals surface area contributed by atoms with Crippen LogP contribution >= 0.6 is 23.2 Å². The van der Waals surface area contributed by atoms with E-state index in [1.165, 1.54) is 12.1 Å². The average molecular weight is 308 g/mol. The molecule has 0 aromatic heterocycles. The molecule has 5 heteroatoms. The predicted molar refractivity (Wildman–Crippen MR) is 75.5 cm³/mol. The fourth-order valence-corrected chi connectivity index (χ4v) is 2.08. The lowest BCUT2D eigenvalue weighted by Gasteiger charge is -2.10. The lowest BCUT2D eigenvalue weighted by atomic mass is 9.91. The van der Waals surface area contributed by atoms with E-state index in [2.05, 4.69) is 0 Å². The summed E-state index contributed by atoms with van der Waals surface area (Å²) >= 11 is 11.5. The second kappa shape index (κ2) is 6.04. The summed E-state index contributed by atoms with van der Waals surface area (Å²) in [6, 6.07) is 11.8. The maximum atomic E-state index is 13.7. The Balaban J connectivity index is 2.42. The van der Waals surface area contributed by atoms with Crippen molar-refractivity contribution < 1.29 is 9.18 Å². The topological polar surface area (TPSA) is 40.9 Å². The summed E-state index contributed by atoms with van der Waals surface area (Å²) < 4.78 is 13.7. The van der Waals surface area contributed by atoms with Gasteiger partial charge >= 0.3 is 0 Å². The van der Waals surface area contributed by atoms with Gasteiger partial charge in [0, 0.05) is 10.0 Å². The minimum Gasteiger partial charge on any atom is -0.292 e. The molecule has 0 saturated heterocycles. The average Bonchev–Trinajstić information content (AvgIpc) is 2.44. The Bertz CT molecular complexity index is 692. The number of hydrogen-bond donors (Lipinski definition) is 0. The molecule has 0 radical (unpaired) electrons. The van der Waals surface area contributed by atoms with Gasteiger partial charge in [0.15, 0.2) is 5.78 Å². The Kier molecular flexibility index (Phi) is 4.39. The van der Waals surface area contributed by atoms with Crippen molar-refractivity contribution in [3.8, 4) is 6.07 Å².